The molecule has 0 spiro atoms. The highest BCUT2D eigenvalue weighted by Crippen LogP contribution is 2.24. The van der Waals surface area contributed by atoms with Crippen LogP contribution in [0.2, 0.25) is 0 Å². The second-order valence-corrected chi connectivity index (χ2v) is 6.16. The lowest BCUT2D eigenvalue weighted by atomic mass is 10.1. The third-order valence-corrected chi connectivity index (χ3v) is 3.67. The molecule has 1 unspecified atom stereocenters. The van der Waals surface area contributed by atoms with Crippen molar-refractivity contribution < 1.29 is 23.8 Å². The van der Waals surface area contributed by atoms with Crippen LogP contribution in [-0.2, 0) is 14.3 Å². The molecule has 0 aliphatic heterocycles. The number of hydrogen-bond acceptors (Lipinski definition) is 5. The molecule has 1 amide bonds. The number of ether oxygens (including phenoxy) is 3. The van der Waals surface area contributed by atoms with Crippen LogP contribution in [0.1, 0.15) is 25.0 Å². The molecule has 0 fully saturated rings. The number of esters is 1. The molecule has 2 rings (SSSR count). The highest BCUT2D eigenvalue weighted by atomic mass is 16.6. The Morgan fingerprint density at radius 3 is 2.37 bits per heavy atom. The molecule has 2 aromatic carbocycles. The summed E-state index contributed by atoms with van der Waals surface area (Å²) in [6, 6.07) is 12.8. The quantitative estimate of drug-likeness (QED) is 0.717. The van der Waals surface area contributed by atoms with Gasteiger partial charge >= 0.3 is 5.97 Å². The van der Waals surface area contributed by atoms with Gasteiger partial charge in [-0.25, -0.2) is 4.79 Å². The van der Waals surface area contributed by atoms with Crippen LogP contribution in [0.5, 0.6) is 11.5 Å². The van der Waals surface area contributed by atoms with E-state index < -0.39 is 18.0 Å². The van der Waals surface area contributed by atoms with Gasteiger partial charge in [-0.1, -0.05) is 18.2 Å². The summed E-state index contributed by atoms with van der Waals surface area (Å²) < 4.78 is 16.1. The summed E-state index contributed by atoms with van der Waals surface area (Å²) in [5, 5.41) is 2.71. The molecule has 0 heterocycles. The third kappa shape index (κ3) is 6.33. The standard InChI is InChI=1S/C21H25NO5/c1-5-25-19-9-7-6-8-18(19)22-21(24)16(4)27-20(23)13-26-17-11-14(2)10-15(3)12-17/h6-12,16H,5,13H2,1-4H3,(H,22,24). The maximum Gasteiger partial charge on any atom is 0.344 e. The molecule has 0 saturated carbocycles. The van der Waals surface area contributed by atoms with Crippen molar-refractivity contribution >= 4 is 17.6 Å². The molecule has 1 atom stereocenters. The van der Waals surface area contributed by atoms with E-state index in [9.17, 15) is 9.59 Å². The lowest BCUT2D eigenvalue weighted by Gasteiger charge is -2.16. The van der Waals surface area contributed by atoms with Gasteiger partial charge in [-0.15, -0.1) is 0 Å². The third-order valence-electron chi connectivity index (χ3n) is 3.67. The smallest absolute Gasteiger partial charge is 0.344 e. The van der Waals surface area contributed by atoms with Gasteiger partial charge in [0.25, 0.3) is 5.91 Å². The van der Waals surface area contributed by atoms with E-state index >= 15 is 0 Å². The Labute approximate surface area is 159 Å². The number of rotatable bonds is 8. The van der Waals surface area contributed by atoms with Crippen molar-refractivity contribution in [3.8, 4) is 11.5 Å². The molecule has 6 heteroatoms. The summed E-state index contributed by atoms with van der Waals surface area (Å²) in [5.41, 5.74) is 2.61. The first-order valence-corrected chi connectivity index (χ1v) is 8.82. The number of amides is 1. The van der Waals surface area contributed by atoms with Crippen molar-refractivity contribution in [1.82, 2.24) is 0 Å². The Hall–Kier alpha value is -3.02. The molecule has 27 heavy (non-hydrogen) atoms. The van der Waals surface area contributed by atoms with E-state index in [0.29, 0.717) is 23.8 Å². The zero-order valence-electron chi connectivity index (χ0n) is 16.1. The molecule has 0 aliphatic carbocycles. The average Bonchev–Trinajstić information content (AvgIpc) is 2.61. The fourth-order valence-corrected chi connectivity index (χ4v) is 2.53. The normalized spacial score (nSPS) is 11.4. The monoisotopic (exact) mass is 371 g/mol. The van der Waals surface area contributed by atoms with Gasteiger partial charge in [-0.2, -0.15) is 0 Å². The van der Waals surface area contributed by atoms with Crippen LogP contribution in [0.15, 0.2) is 42.5 Å². The highest BCUT2D eigenvalue weighted by Gasteiger charge is 2.19. The maximum atomic E-state index is 12.3. The van der Waals surface area contributed by atoms with Crippen molar-refractivity contribution in [1.29, 1.82) is 0 Å². The zero-order chi connectivity index (χ0) is 19.8. The van der Waals surface area contributed by atoms with E-state index in [4.69, 9.17) is 14.2 Å². The summed E-state index contributed by atoms with van der Waals surface area (Å²) in [5.74, 6) is 0.0917. The Morgan fingerprint density at radius 1 is 1.04 bits per heavy atom. The molecule has 1 N–H and O–H groups in total. The van der Waals surface area contributed by atoms with Crippen molar-refractivity contribution in [3.63, 3.8) is 0 Å². The second-order valence-electron chi connectivity index (χ2n) is 6.16. The molecule has 0 bridgehead atoms. The van der Waals surface area contributed by atoms with Gasteiger partial charge in [0.1, 0.15) is 11.5 Å². The minimum atomic E-state index is -0.963. The van der Waals surface area contributed by atoms with Crippen LogP contribution >= 0.6 is 0 Å². The van der Waals surface area contributed by atoms with Crippen LogP contribution in [0, 0.1) is 13.8 Å². The number of nitrogens with one attached hydrogen (secondary N) is 1. The molecule has 144 valence electrons. The lowest BCUT2D eigenvalue weighted by Crippen LogP contribution is -2.31. The predicted octanol–water partition coefficient (Wildman–Crippen LogP) is 3.65. The van der Waals surface area contributed by atoms with Crippen LogP contribution in [-0.4, -0.2) is 31.2 Å². The number of carbonyl (C=O) groups is 2. The minimum Gasteiger partial charge on any atom is -0.492 e. The van der Waals surface area contributed by atoms with E-state index in [2.05, 4.69) is 5.32 Å². The minimum absolute atomic E-state index is 0.268. The van der Waals surface area contributed by atoms with E-state index in [1.807, 2.05) is 45.0 Å². The summed E-state index contributed by atoms with van der Waals surface area (Å²) in [4.78, 5) is 24.3. The average molecular weight is 371 g/mol. The SMILES string of the molecule is CCOc1ccccc1NC(=O)C(C)OC(=O)COc1cc(C)cc(C)c1. The number of benzene rings is 2. The summed E-state index contributed by atoms with van der Waals surface area (Å²) >= 11 is 0. The molecular weight excluding hydrogens is 346 g/mol. The van der Waals surface area contributed by atoms with Gasteiger partial charge < -0.3 is 19.5 Å². The first kappa shape index (κ1) is 20.3. The van der Waals surface area contributed by atoms with Crippen LogP contribution in [0.4, 0.5) is 5.69 Å². The van der Waals surface area contributed by atoms with Crippen LogP contribution in [0.3, 0.4) is 0 Å². The second kappa shape index (κ2) is 9.62. The number of para-hydroxylation sites is 2. The number of aryl methyl sites for hydroxylation is 2. The van der Waals surface area contributed by atoms with Crippen molar-refractivity contribution in [2.75, 3.05) is 18.5 Å². The predicted molar refractivity (Wildman–Crippen MR) is 103 cm³/mol. The fourth-order valence-electron chi connectivity index (χ4n) is 2.53. The van der Waals surface area contributed by atoms with Crippen molar-refractivity contribution in [2.45, 2.75) is 33.8 Å². The van der Waals surface area contributed by atoms with Gasteiger partial charge in [0.2, 0.25) is 0 Å². The molecule has 0 aliphatic rings. The van der Waals surface area contributed by atoms with Crippen molar-refractivity contribution in [3.05, 3.63) is 53.6 Å². The zero-order valence-corrected chi connectivity index (χ0v) is 16.1. The van der Waals surface area contributed by atoms with Crippen molar-refractivity contribution in [2.24, 2.45) is 0 Å². The summed E-state index contributed by atoms with van der Waals surface area (Å²) in [6.07, 6.45) is -0.963. The first-order valence-electron chi connectivity index (χ1n) is 8.82. The Kier molecular flexibility index (Phi) is 7.23. The fraction of sp³-hybridized carbons (Fsp3) is 0.333. The highest BCUT2D eigenvalue weighted by molar-refractivity contribution is 5.96. The van der Waals surface area contributed by atoms with Gasteiger partial charge in [0, 0.05) is 0 Å². The van der Waals surface area contributed by atoms with Gasteiger partial charge in [0.05, 0.1) is 12.3 Å². The Balaban J connectivity index is 1.87. The van der Waals surface area contributed by atoms with Gasteiger partial charge in [-0.3, -0.25) is 4.79 Å². The van der Waals surface area contributed by atoms with E-state index in [0.717, 1.165) is 11.1 Å². The van der Waals surface area contributed by atoms with E-state index in [-0.39, 0.29) is 6.61 Å². The van der Waals surface area contributed by atoms with E-state index in [1.165, 1.54) is 6.92 Å². The maximum absolute atomic E-state index is 12.3. The molecule has 0 saturated heterocycles. The molecule has 0 radical (unpaired) electrons. The largest absolute Gasteiger partial charge is 0.492 e. The molecule has 2 aromatic rings. The molecular formula is C21H25NO5. The topological polar surface area (TPSA) is 73.9 Å². The molecule has 6 nitrogen and oxygen atoms in total. The summed E-state index contributed by atoms with van der Waals surface area (Å²) in [7, 11) is 0. The van der Waals surface area contributed by atoms with Gasteiger partial charge in [-0.05, 0) is 63.1 Å². The number of carbonyl (C=O) groups excluding carboxylic acids is 2. The number of anilines is 1. The van der Waals surface area contributed by atoms with Gasteiger partial charge in [0.15, 0.2) is 12.7 Å². The Morgan fingerprint density at radius 2 is 1.70 bits per heavy atom. The van der Waals surface area contributed by atoms with Crippen LogP contribution in [0.25, 0.3) is 0 Å². The Bertz CT molecular complexity index is 783. The lowest BCUT2D eigenvalue weighted by molar-refractivity contribution is -0.155. The summed E-state index contributed by atoms with van der Waals surface area (Å²) in [6.45, 7) is 7.48. The van der Waals surface area contributed by atoms with Crippen LogP contribution < -0.4 is 14.8 Å². The molecule has 0 aromatic heterocycles. The van der Waals surface area contributed by atoms with E-state index in [1.54, 1.807) is 18.2 Å². The number of hydrogen-bond donors (Lipinski definition) is 1. The first-order chi connectivity index (χ1) is 12.9.